The van der Waals surface area contributed by atoms with Crippen LogP contribution in [0.2, 0.25) is 0 Å². The molecule has 0 heterocycles. The minimum atomic E-state index is -1.40. The lowest BCUT2D eigenvalue weighted by Crippen LogP contribution is -2.63. The van der Waals surface area contributed by atoms with Crippen molar-refractivity contribution in [2.75, 3.05) is 6.61 Å². The molecule has 176 valence electrons. The first-order valence-electron chi connectivity index (χ1n) is 12.0. The summed E-state index contributed by atoms with van der Waals surface area (Å²) in [6, 6.07) is 0. The van der Waals surface area contributed by atoms with Gasteiger partial charge in [-0.15, -0.1) is 0 Å². The fraction of sp³-hybridized carbons (Fsp3) is 0.731. The Labute approximate surface area is 190 Å². The molecular weight excluding hydrogens is 408 g/mol. The molecular formula is C26H36O6. The van der Waals surface area contributed by atoms with Crippen LogP contribution < -0.4 is 0 Å². The second-order valence-corrected chi connectivity index (χ2v) is 11.2. The quantitative estimate of drug-likeness (QED) is 0.632. The van der Waals surface area contributed by atoms with Gasteiger partial charge < -0.3 is 14.9 Å². The van der Waals surface area contributed by atoms with E-state index in [0.29, 0.717) is 19.3 Å². The van der Waals surface area contributed by atoms with Crippen LogP contribution in [0, 0.1) is 34.5 Å². The van der Waals surface area contributed by atoms with E-state index in [1.54, 1.807) is 12.2 Å². The highest BCUT2D eigenvalue weighted by Gasteiger charge is 2.70. The van der Waals surface area contributed by atoms with Crippen molar-refractivity contribution in [3.63, 3.8) is 0 Å². The number of aliphatic hydroxyl groups excluding tert-OH is 2. The van der Waals surface area contributed by atoms with Crippen molar-refractivity contribution < 1.29 is 29.3 Å². The maximum atomic E-state index is 13.1. The SMILES string of the molecule is CC(C)CC(=O)O[C@]1(C(=O)CO)CC[C@H]2[C@@H]3CCC4=CC(=O)C=C[C@]4(C)[C@H]3C(O)C[C@@]21C. The van der Waals surface area contributed by atoms with Gasteiger partial charge in [-0.3, -0.25) is 14.4 Å². The van der Waals surface area contributed by atoms with Gasteiger partial charge in [0.2, 0.25) is 5.78 Å². The van der Waals surface area contributed by atoms with Crippen LogP contribution in [0.1, 0.15) is 66.2 Å². The summed E-state index contributed by atoms with van der Waals surface area (Å²) in [4.78, 5) is 37.8. The highest BCUT2D eigenvalue weighted by molar-refractivity contribution is 6.01. The third-order valence-corrected chi connectivity index (χ3v) is 9.07. The molecule has 4 aliphatic carbocycles. The standard InChI is InChI=1S/C26H36O6/c1-15(2)11-22(31)32-26(21(30)14-27)10-8-19-18-6-5-16-12-17(28)7-9-24(16,3)23(18)20(29)13-25(19,26)4/h7,9,12,15,18-20,23,27,29H,5-6,8,10-11,13-14H2,1-4H3/t18-,19-,20?,23+,24-,25-,26-/m0/s1. The number of ether oxygens (including phenoxy) is 1. The molecule has 0 spiro atoms. The van der Waals surface area contributed by atoms with Crippen LogP contribution in [-0.2, 0) is 19.1 Å². The molecule has 0 saturated heterocycles. The van der Waals surface area contributed by atoms with E-state index in [4.69, 9.17) is 4.74 Å². The van der Waals surface area contributed by atoms with Crippen LogP contribution in [0.3, 0.4) is 0 Å². The van der Waals surface area contributed by atoms with Gasteiger partial charge in [-0.05, 0) is 62.0 Å². The Morgan fingerprint density at radius 2 is 1.97 bits per heavy atom. The molecule has 0 radical (unpaired) electrons. The Bertz CT molecular complexity index is 887. The summed E-state index contributed by atoms with van der Waals surface area (Å²) in [5.41, 5.74) is -1.46. The fourth-order valence-corrected chi connectivity index (χ4v) is 7.69. The number of hydrogen-bond donors (Lipinski definition) is 2. The molecule has 3 saturated carbocycles. The lowest BCUT2D eigenvalue weighted by Gasteiger charge is -2.59. The first-order chi connectivity index (χ1) is 15.0. The molecule has 0 bridgehead atoms. The molecule has 0 aromatic carbocycles. The Kier molecular flexibility index (Phi) is 5.78. The largest absolute Gasteiger partial charge is 0.450 e. The number of ketones is 2. The van der Waals surface area contributed by atoms with Crippen LogP contribution >= 0.6 is 0 Å². The van der Waals surface area contributed by atoms with Crippen LogP contribution in [0.15, 0.2) is 23.8 Å². The normalized spacial score (nSPS) is 42.7. The number of Topliss-reactive ketones (excluding diaryl/α,β-unsaturated/α-hetero) is 1. The second-order valence-electron chi connectivity index (χ2n) is 11.2. The predicted molar refractivity (Wildman–Crippen MR) is 118 cm³/mol. The molecule has 0 aromatic heterocycles. The Hall–Kier alpha value is -1.79. The van der Waals surface area contributed by atoms with E-state index in [2.05, 4.69) is 6.92 Å². The Morgan fingerprint density at radius 1 is 1.25 bits per heavy atom. The third kappa shape index (κ3) is 3.25. The minimum absolute atomic E-state index is 0.00319. The van der Waals surface area contributed by atoms with E-state index in [1.807, 2.05) is 26.8 Å². The molecule has 7 atom stereocenters. The molecule has 6 nitrogen and oxygen atoms in total. The molecule has 0 aliphatic heterocycles. The number of hydrogen-bond acceptors (Lipinski definition) is 6. The molecule has 3 fully saturated rings. The van der Waals surface area contributed by atoms with Crippen molar-refractivity contribution in [2.24, 2.45) is 34.5 Å². The maximum absolute atomic E-state index is 13.1. The summed E-state index contributed by atoms with van der Waals surface area (Å²) < 4.78 is 5.98. The summed E-state index contributed by atoms with van der Waals surface area (Å²) >= 11 is 0. The second kappa shape index (κ2) is 7.91. The van der Waals surface area contributed by atoms with Crippen molar-refractivity contribution in [3.05, 3.63) is 23.8 Å². The molecule has 6 heteroatoms. The lowest BCUT2D eigenvalue weighted by molar-refractivity contribution is -0.200. The Morgan fingerprint density at radius 3 is 2.62 bits per heavy atom. The van der Waals surface area contributed by atoms with E-state index in [0.717, 1.165) is 18.4 Å². The first-order valence-corrected chi connectivity index (χ1v) is 12.0. The van der Waals surface area contributed by atoms with Gasteiger partial charge in [0.05, 0.1) is 6.10 Å². The number of allylic oxidation sites excluding steroid dienone is 4. The predicted octanol–water partition coefficient (Wildman–Crippen LogP) is 3.15. The van der Waals surface area contributed by atoms with Crippen LogP contribution in [0.4, 0.5) is 0 Å². The van der Waals surface area contributed by atoms with Crippen LogP contribution in [0.25, 0.3) is 0 Å². The minimum Gasteiger partial charge on any atom is -0.450 e. The van der Waals surface area contributed by atoms with Gasteiger partial charge in [-0.2, -0.15) is 0 Å². The van der Waals surface area contributed by atoms with Gasteiger partial charge in [0, 0.05) is 23.2 Å². The highest BCUT2D eigenvalue weighted by atomic mass is 16.6. The van der Waals surface area contributed by atoms with E-state index in [-0.39, 0.29) is 35.9 Å². The number of fused-ring (bicyclic) bond motifs is 5. The van der Waals surface area contributed by atoms with Gasteiger partial charge in [0.1, 0.15) is 6.61 Å². The van der Waals surface area contributed by atoms with Crippen molar-refractivity contribution in [3.8, 4) is 0 Å². The number of carbonyl (C=O) groups excluding carboxylic acids is 3. The van der Waals surface area contributed by atoms with Crippen molar-refractivity contribution >= 4 is 17.5 Å². The monoisotopic (exact) mass is 444 g/mol. The van der Waals surface area contributed by atoms with Gasteiger partial charge >= 0.3 is 5.97 Å². The number of aliphatic hydroxyl groups is 2. The van der Waals surface area contributed by atoms with E-state index >= 15 is 0 Å². The molecule has 1 unspecified atom stereocenters. The zero-order valence-corrected chi connectivity index (χ0v) is 19.6. The summed E-state index contributed by atoms with van der Waals surface area (Å²) in [7, 11) is 0. The van der Waals surface area contributed by atoms with Gasteiger partial charge in [0.25, 0.3) is 0 Å². The van der Waals surface area contributed by atoms with Gasteiger partial charge in [-0.1, -0.05) is 39.3 Å². The molecule has 0 aromatic rings. The van der Waals surface area contributed by atoms with Crippen molar-refractivity contribution in [1.29, 1.82) is 0 Å². The summed E-state index contributed by atoms with van der Waals surface area (Å²) in [5, 5.41) is 21.3. The van der Waals surface area contributed by atoms with Crippen molar-refractivity contribution in [1.82, 2.24) is 0 Å². The average molecular weight is 445 g/mol. The van der Waals surface area contributed by atoms with Gasteiger partial charge in [0.15, 0.2) is 11.4 Å². The maximum Gasteiger partial charge on any atom is 0.307 e. The van der Waals surface area contributed by atoms with E-state index in [1.165, 1.54) is 0 Å². The van der Waals surface area contributed by atoms with Gasteiger partial charge in [-0.25, -0.2) is 0 Å². The van der Waals surface area contributed by atoms with Crippen LogP contribution in [0.5, 0.6) is 0 Å². The summed E-state index contributed by atoms with van der Waals surface area (Å²) in [5.74, 6) is -0.623. The van der Waals surface area contributed by atoms with E-state index in [9.17, 15) is 24.6 Å². The topological polar surface area (TPSA) is 101 Å². The van der Waals surface area contributed by atoms with Crippen LogP contribution in [-0.4, -0.2) is 46.1 Å². The zero-order chi connectivity index (χ0) is 23.5. The number of carbonyl (C=O) groups is 3. The summed E-state index contributed by atoms with van der Waals surface area (Å²) in [6.07, 6.45) is 7.80. The Balaban J connectivity index is 1.72. The van der Waals surface area contributed by atoms with E-state index < -0.39 is 40.9 Å². The highest BCUT2D eigenvalue weighted by Crippen LogP contribution is 2.67. The lowest BCUT2D eigenvalue weighted by atomic mass is 9.46. The number of esters is 1. The molecule has 4 rings (SSSR count). The zero-order valence-electron chi connectivity index (χ0n) is 19.6. The molecule has 2 N–H and O–H groups in total. The fourth-order valence-electron chi connectivity index (χ4n) is 7.69. The van der Waals surface area contributed by atoms with Crippen molar-refractivity contribution in [2.45, 2.75) is 77.9 Å². The molecule has 4 aliphatic rings. The smallest absolute Gasteiger partial charge is 0.307 e. The summed E-state index contributed by atoms with van der Waals surface area (Å²) in [6.45, 7) is 7.23. The third-order valence-electron chi connectivity index (χ3n) is 9.07. The average Bonchev–Trinajstić information content (AvgIpc) is 2.99. The first kappa shape index (κ1) is 23.4. The number of rotatable bonds is 5. The molecule has 0 amide bonds. The molecule has 32 heavy (non-hydrogen) atoms.